The van der Waals surface area contributed by atoms with E-state index in [4.69, 9.17) is 0 Å². The summed E-state index contributed by atoms with van der Waals surface area (Å²) in [6.45, 7) is 1.95. The third-order valence-corrected chi connectivity index (χ3v) is 4.49. The molecule has 2 aromatic heterocycles. The van der Waals surface area contributed by atoms with E-state index in [1.54, 1.807) is 11.3 Å². The highest BCUT2D eigenvalue weighted by molar-refractivity contribution is 7.15. The predicted octanol–water partition coefficient (Wildman–Crippen LogP) is 2.25. The van der Waals surface area contributed by atoms with E-state index in [1.807, 2.05) is 16.8 Å². The second-order valence-corrected chi connectivity index (χ2v) is 5.46. The first-order valence-electron chi connectivity index (χ1n) is 5.73. The van der Waals surface area contributed by atoms with Gasteiger partial charge in [-0.2, -0.15) is 0 Å². The van der Waals surface area contributed by atoms with Gasteiger partial charge in [0.2, 0.25) is 0 Å². The van der Waals surface area contributed by atoms with Crippen molar-refractivity contribution in [3.63, 3.8) is 0 Å². The Balaban J connectivity index is 2.10. The van der Waals surface area contributed by atoms with Gasteiger partial charge in [0, 0.05) is 5.38 Å². The Morgan fingerprint density at radius 2 is 2.12 bits per heavy atom. The van der Waals surface area contributed by atoms with Crippen LogP contribution in [0.3, 0.4) is 0 Å². The van der Waals surface area contributed by atoms with E-state index in [0.29, 0.717) is 0 Å². The van der Waals surface area contributed by atoms with Gasteiger partial charge >= 0.3 is 0 Å². The summed E-state index contributed by atoms with van der Waals surface area (Å²) >= 11 is 1.62. The molecular weight excluding hydrogens is 222 g/mol. The first-order chi connectivity index (χ1) is 7.71. The average Bonchev–Trinajstić information content (AvgIpc) is 2.83. The van der Waals surface area contributed by atoms with E-state index < -0.39 is 5.60 Å². The Morgan fingerprint density at radius 3 is 2.88 bits per heavy atom. The zero-order chi connectivity index (χ0) is 11.2. The quantitative estimate of drug-likeness (QED) is 0.827. The predicted molar refractivity (Wildman–Crippen MR) is 62.6 cm³/mol. The van der Waals surface area contributed by atoms with E-state index in [2.05, 4.69) is 10.3 Å². The third-order valence-electron chi connectivity index (χ3n) is 3.45. The number of nitrogens with zero attached hydrogens (tertiary/aromatic N) is 3. The Bertz CT molecular complexity index is 510. The fraction of sp³-hybridized carbons (Fsp3) is 0.636. The molecule has 0 radical (unpaired) electrons. The number of aromatic nitrogens is 3. The lowest BCUT2D eigenvalue weighted by Crippen LogP contribution is -2.30. The summed E-state index contributed by atoms with van der Waals surface area (Å²) in [5.41, 5.74) is 1.18. The van der Waals surface area contributed by atoms with Gasteiger partial charge in [0.25, 0.3) is 0 Å². The summed E-state index contributed by atoms with van der Waals surface area (Å²) in [6.07, 6.45) is 5.12. The molecule has 0 unspecified atom stereocenters. The van der Waals surface area contributed by atoms with Crippen molar-refractivity contribution >= 4 is 16.2 Å². The lowest BCUT2D eigenvalue weighted by Gasteiger charge is -2.30. The maximum absolute atomic E-state index is 10.7. The van der Waals surface area contributed by atoms with Gasteiger partial charge in [0.15, 0.2) is 0 Å². The number of hydrogen-bond donors (Lipinski definition) is 1. The Labute approximate surface area is 97.9 Å². The van der Waals surface area contributed by atoms with Gasteiger partial charge in [0.05, 0.1) is 11.4 Å². The Hall–Kier alpha value is -0.940. The average molecular weight is 237 g/mol. The van der Waals surface area contributed by atoms with Crippen LogP contribution in [-0.4, -0.2) is 19.9 Å². The minimum atomic E-state index is -0.684. The molecule has 0 saturated heterocycles. The second-order valence-electron chi connectivity index (χ2n) is 4.60. The van der Waals surface area contributed by atoms with Gasteiger partial charge in [-0.05, 0) is 19.8 Å². The number of aliphatic hydroxyl groups is 1. The number of aryl methyl sites for hydroxylation is 1. The molecule has 16 heavy (non-hydrogen) atoms. The van der Waals surface area contributed by atoms with Crippen LogP contribution < -0.4 is 0 Å². The maximum Gasteiger partial charge on any atom is 0.143 e. The van der Waals surface area contributed by atoms with Crippen LogP contribution in [0.2, 0.25) is 0 Å². The van der Waals surface area contributed by atoms with Crippen LogP contribution in [0.25, 0.3) is 4.83 Å². The molecule has 0 bridgehead atoms. The minimum Gasteiger partial charge on any atom is -0.384 e. The van der Waals surface area contributed by atoms with Gasteiger partial charge in [-0.1, -0.05) is 24.5 Å². The first-order valence-corrected chi connectivity index (χ1v) is 6.61. The standard InChI is InChI=1S/C11H15N3OS/c1-8-10-14(13-12-8)9(7-16-10)11(15)5-3-2-4-6-11/h7,15H,2-6H2,1H3. The Morgan fingerprint density at radius 1 is 1.38 bits per heavy atom. The molecule has 1 aliphatic carbocycles. The summed E-state index contributed by atoms with van der Waals surface area (Å²) in [6, 6.07) is 0. The minimum absolute atomic E-state index is 0.684. The van der Waals surface area contributed by atoms with E-state index in [9.17, 15) is 5.11 Å². The fourth-order valence-corrected chi connectivity index (χ4v) is 3.49. The van der Waals surface area contributed by atoms with Crippen molar-refractivity contribution in [3.05, 3.63) is 16.8 Å². The molecule has 5 heteroatoms. The number of hydrogen-bond acceptors (Lipinski definition) is 4. The van der Waals surface area contributed by atoms with Crippen LogP contribution in [0, 0.1) is 6.92 Å². The molecule has 1 fully saturated rings. The molecule has 3 rings (SSSR count). The van der Waals surface area contributed by atoms with Gasteiger partial charge in [-0.25, -0.2) is 4.52 Å². The number of rotatable bonds is 1. The number of thiazole rings is 1. The van der Waals surface area contributed by atoms with E-state index in [-0.39, 0.29) is 0 Å². The molecule has 1 saturated carbocycles. The smallest absolute Gasteiger partial charge is 0.143 e. The summed E-state index contributed by atoms with van der Waals surface area (Å²) in [7, 11) is 0. The summed E-state index contributed by atoms with van der Waals surface area (Å²) < 4.78 is 1.81. The molecule has 1 aliphatic rings. The van der Waals surface area contributed by atoms with E-state index in [1.165, 1.54) is 6.42 Å². The van der Waals surface area contributed by atoms with Crippen molar-refractivity contribution in [2.75, 3.05) is 0 Å². The van der Waals surface area contributed by atoms with Crippen molar-refractivity contribution in [1.82, 2.24) is 14.8 Å². The highest BCUT2D eigenvalue weighted by Crippen LogP contribution is 2.38. The van der Waals surface area contributed by atoms with E-state index in [0.717, 1.165) is 41.9 Å². The van der Waals surface area contributed by atoms with Crippen LogP contribution in [0.5, 0.6) is 0 Å². The molecule has 2 heterocycles. The van der Waals surface area contributed by atoms with Crippen LogP contribution in [0.1, 0.15) is 43.5 Å². The lowest BCUT2D eigenvalue weighted by atomic mass is 9.83. The normalized spacial score (nSPS) is 20.4. The molecule has 86 valence electrons. The fourth-order valence-electron chi connectivity index (χ4n) is 2.50. The van der Waals surface area contributed by atoms with Crippen molar-refractivity contribution < 1.29 is 5.11 Å². The molecule has 0 aliphatic heterocycles. The first kappa shape index (κ1) is 10.2. The second kappa shape index (κ2) is 3.53. The van der Waals surface area contributed by atoms with Gasteiger partial charge in [0.1, 0.15) is 10.4 Å². The molecule has 0 aromatic carbocycles. The molecule has 0 spiro atoms. The SMILES string of the molecule is Cc1nnn2c(C3(O)CCCCC3)csc12. The van der Waals surface area contributed by atoms with Gasteiger partial charge in [-0.3, -0.25) is 0 Å². The van der Waals surface area contributed by atoms with Gasteiger partial charge in [-0.15, -0.1) is 16.4 Å². The van der Waals surface area contributed by atoms with E-state index >= 15 is 0 Å². The molecule has 4 nitrogen and oxygen atoms in total. The zero-order valence-corrected chi connectivity index (χ0v) is 10.1. The highest BCUT2D eigenvalue weighted by atomic mass is 32.1. The topological polar surface area (TPSA) is 50.4 Å². The summed E-state index contributed by atoms with van der Waals surface area (Å²) in [4.78, 5) is 1.05. The van der Waals surface area contributed by atoms with Crippen LogP contribution in [0.4, 0.5) is 0 Å². The molecule has 0 atom stereocenters. The largest absolute Gasteiger partial charge is 0.384 e. The van der Waals surface area contributed by atoms with Crippen molar-refractivity contribution in [1.29, 1.82) is 0 Å². The molecule has 2 aromatic rings. The van der Waals surface area contributed by atoms with Crippen LogP contribution in [-0.2, 0) is 5.60 Å². The number of fused-ring (bicyclic) bond motifs is 1. The van der Waals surface area contributed by atoms with Crippen LogP contribution >= 0.6 is 11.3 Å². The van der Waals surface area contributed by atoms with Crippen molar-refractivity contribution in [2.24, 2.45) is 0 Å². The van der Waals surface area contributed by atoms with Gasteiger partial charge < -0.3 is 5.11 Å². The molecular formula is C11H15N3OS. The Kier molecular flexibility index (Phi) is 2.26. The maximum atomic E-state index is 10.7. The monoisotopic (exact) mass is 237 g/mol. The van der Waals surface area contributed by atoms with Crippen molar-refractivity contribution in [2.45, 2.75) is 44.6 Å². The third kappa shape index (κ3) is 1.38. The summed E-state index contributed by atoms with van der Waals surface area (Å²) in [5.74, 6) is 0. The molecule has 0 amide bonds. The van der Waals surface area contributed by atoms with Crippen molar-refractivity contribution in [3.8, 4) is 0 Å². The van der Waals surface area contributed by atoms with Crippen LogP contribution in [0.15, 0.2) is 5.38 Å². The lowest BCUT2D eigenvalue weighted by molar-refractivity contribution is -0.00608. The summed E-state index contributed by atoms with van der Waals surface area (Å²) in [5, 5.41) is 20.9. The molecule has 1 N–H and O–H groups in total. The zero-order valence-electron chi connectivity index (χ0n) is 9.31. The highest BCUT2D eigenvalue weighted by Gasteiger charge is 2.34.